The van der Waals surface area contributed by atoms with Gasteiger partial charge in [0.1, 0.15) is 5.82 Å². The standard InChI is InChI=1S/C13H16FN3/c1-9(2)16-13-15-6-7-17(13)11-5-4-10(3)12(14)8-11/h4-9H,1-3H3,(H,15,16). The van der Waals surface area contributed by atoms with Gasteiger partial charge in [-0.05, 0) is 38.5 Å². The van der Waals surface area contributed by atoms with E-state index in [1.807, 2.05) is 30.7 Å². The maximum atomic E-state index is 13.5. The first kappa shape index (κ1) is 11.6. The number of anilines is 1. The van der Waals surface area contributed by atoms with Crippen LogP contribution in [-0.4, -0.2) is 15.6 Å². The van der Waals surface area contributed by atoms with E-state index in [1.165, 1.54) is 6.07 Å². The van der Waals surface area contributed by atoms with Gasteiger partial charge in [-0.3, -0.25) is 4.57 Å². The molecule has 1 aromatic heterocycles. The molecule has 2 rings (SSSR count). The first-order valence-electron chi connectivity index (χ1n) is 5.64. The second-order valence-corrected chi connectivity index (χ2v) is 4.35. The van der Waals surface area contributed by atoms with Gasteiger partial charge < -0.3 is 5.32 Å². The van der Waals surface area contributed by atoms with Crippen molar-refractivity contribution in [1.82, 2.24) is 9.55 Å². The Morgan fingerprint density at radius 2 is 2.12 bits per heavy atom. The Kier molecular flexibility index (Phi) is 3.13. The number of aromatic nitrogens is 2. The summed E-state index contributed by atoms with van der Waals surface area (Å²) in [5.74, 6) is 0.523. The molecule has 0 fully saturated rings. The van der Waals surface area contributed by atoms with Gasteiger partial charge in [0.15, 0.2) is 0 Å². The number of hydrogen-bond donors (Lipinski definition) is 1. The number of benzene rings is 1. The lowest BCUT2D eigenvalue weighted by Crippen LogP contribution is -2.14. The van der Waals surface area contributed by atoms with E-state index in [1.54, 1.807) is 19.2 Å². The van der Waals surface area contributed by atoms with Crippen LogP contribution in [0.5, 0.6) is 0 Å². The van der Waals surface area contributed by atoms with Crippen LogP contribution >= 0.6 is 0 Å². The lowest BCUT2D eigenvalue weighted by molar-refractivity contribution is 0.617. The fourth-order valence-electron chi connectivity index (χ4n) is 1.61. The van der Waals surface area contributed by atoms with Gasteiger partial charge >= 0.3 is 0 Å². The highest BCUT2D eigenvalue weighted by molar-refractivity contribution is 5.43. The summed E-state index contributed by atoms with van der Waals surface area (Å²) in [4.78, 5) is 4.21. The summed E-state index contributed by atoms with van der Waals surface area (Å²) in [5.41, 5.74) is 1.42. The minimum absolute atomic E-state index is 0.202. The molecule has 0 aliphatic heterocycles. The van der Waals surface area contributed by atoms with Gasteiger partial charge in [-0.25, -0.2) is 9.37 Å². The number of hydrogen-bond acceptors (Lipinski definition) is 2. The summed E-state index contributed by atoms with van der Waals surface area (Å²) in [7, 11) is 0. The Balaban J connectivity index is 2.39. The van der Waals surface area contributed by atoms with Gasteiger partial charge in [-0.1, -0.05) is 6.07 Å². The molecule has 0 saturated heterocycles. The highest BCUT2D eigenvalue weighted by Gasteiger charge is 2.07. The molecule has 90 valence electrons. The van der Waals surface area contributed by atoms with Crippen LogP contribution in [0.3, 0.4) is 0 Å². The van der Waals surface area contributed by atoms with Crippen LogP contribution in [0.25, 0.3) is 5.69 Å². The van der Waals surface area contributed by atoms with Crippen molar-refractivity contribution in [1.29, 1.82) is 0 Å². The van der Waals surface area contributed by atoms with Crippen LogP contribution in [-0.2, 0) is 0 Å². The molecule has 3 nitrogen and oxygen atoms in total. The van der Waals surface area contributed by atoms with Gasteiger partial charge in [0, 0.05) is 18.4 Å². The highest BCUT2D eigenvalue weighted by Crippen LogP contribution is 2.17. The van der Waals surface area contributed by atoms with E-state index in [9.17, 15) is 4.39 Å². The number of aryl methyl sites for hydroxylation is 1. The maximum absolute atomic E-state index is 13.5. The molecule has 0 atom stereocenters. The fraction of sp³-hybridized carbons (Fsp3) is 0.308. The lowest BCUT2D eigenvalue weighted by Gasteiger charge is -2.12. The van der Waals surface area contributed by atoms with Crippen molar-refractivity contribution in [3.8, 4) is 5.69 Å². The second kappa shape index (κ2) is 4.57. The zero-order valence-corrected chi connectivity index (χ0v) is 10.2. The van der Waals surface area contributed by atoms with Gasteiger partial charge in [-0.2, -0.15) is 0 Å². The minimum atomic E-state index is -0.202. The van der Waals surface area contributed by atoms with Crippen molar-refractivity contribution in [2.24, 2.45) is 0 Å². The minimum Gasteiger partial charge on any atom is -0.353 e. The van der Waals surface area contributed by atoms with Gasteiger partial charge in [0.2, 0.25) is 5.95 Å². The average molecular weight is 233 g/mol. The number of rotatable bonds is 3. The van der Waals surface area contributed by atoms with Crippen LogP contribution in [0, 0.1) is 12.7 Å². The van der Waals surface area contributed by atoms with Crippen LogP contribution < -0.4 is 5.32 Å². The smallest absolute Gasteiger partial charge is 0.207 e. The van der Waals surface area contributed by atoms with E-state index in [-0.39, 0.29) is 11.9 Å². The predicted octanol–water partition coefficient (Wildman–Crippen LogP) is 3.14. The number of nitrogens with zero attached hydrogens (tertiary/aromatic N) is 2. The third-order valence-corrected chi connectivity index (χ3v) is 2.49. The monoisotopic (exact) mass is 233 g/mol. The Morgan fingerprint density at radius 3 is 2.76 bits per heavy atom. The Bertz CT molecular complexity index is 517. The Labute approximate surface area is 100 Å². The van der Waals surface area contributed by atoms with E-state index >= 15 is 0 Å². The summed E-state index contributed by atoms with van der Waals surface area (Å²) in [6, 6.07) is 5.45. The number of halogens is 1. The molecule has 1 heterocycles. The van der Waals surface area contributed by atoms with Gasteiger partial charge in [0.05, 0.1) is 5.69 Å². The first-order valence-corrected chi connectivity index (χ1v) is 5.64. The Hall–Kier alpha value is -1.84. The molecule has 17 heavy (non-hydrogen) atoms. The summed E-state index contributed by atoms with van der Waals surface area (Å²) in [6.07, 6.45) is 3.51. The molecule has 0 saturated carbocycles. The molecule has 0 radical (unpaired) electrons. The van der Waals surface area contributed by atoms with Crippen LogP contribution in [0.15, 0.2) is 30.6 Å². The van der Waals surface area contributed by atoms with Crippen molar-refractivity contribution >= 4 is 5.95 Å². The third-order valence-electron chi connectivity index (χ3n) is 2.49. The SMILES string of the molecule is Cc1ccc(-n2ccnc2NC(C)C)cc1F. The molecular formula is C13H16FN3. The molecule has 0 aliphatic rings. The molecule has 0 bridgehead atoms. The molecule has 0 amide bonds. The quantitative estimate of drug-likeness (QED) is 0.882. The topological polar surface area (TPSA) is 29.9 Å². The zero-order valence-electron chi connectivity index (χ0n) is 10.2. The highest BCUT2D eigenvalue weighted by atomic mass is 19.1. The van der Waals surface area contributed by atoms with Crippen molar-refractivity contribution in [2.75, 3.05) is 5.32 Å². The molecule has 0 spiro atoms. The summed E-state index contributed by atoms with van der Waals surface area (Å²) >= 11 is 0. The van der Waals surface area contributed by atoms with E-state index in [2.05, 4.69) is 10.3 Å². The number of nitrogens with one attached hydrogen (secondary N) is 1. The van der Waals surface area contributed by atoms with Crippen molar-refractivity contribution < 1.29 is 4.39 Å². The van der Waals surface area contributed by atoms with Crippen LogP contribution in [0.4, 0.5) is 10.3 Å². The summed E-state index contributed by atoms with van der Waals surface area (Å²) in [6.45, 7) is 5.82. The normalized spacial score (nSPS) is 10.9. The predicted molar refractivity (Wildman–Crippen MR) is 67.0 cm³/mol. The van der Waals surface area contributed by atoms with Crippen LogP contribution in [0.1, 0.15) is 19.4 Å². The zero-order chi connectivity index (χ0) is 12.4. The molecule has 4 heteroatoms. The van der Waals surface area contributed by atoms with Crippen molar-refractivity contribution in [2.45, 2.75) is 26.8 Å². The largest absolute Gasteiger partial charge is 0.353 e. The Morgan fingerprint density at radius 1 is 1.35 bits per heavy atom. The first-order chi connectivity index (χ1) is 8.08. The lowest BCUT2D eigenvalue weighted by atomic mass is 10.2. The van der Waals surface area contributed by atoms with Gasteiger partial charge in [0.25, 0.3) is 0 Å². The summed E-state index contributed by atoms with van der Waals surface area (Å²) in [5, 5.41) is 3.22. The van der Waals surface area contributed by atoms with Crippen LogP contribution in [0.2, 0.25) is 0 Å². The van der Waals surface area contributed by atoms with E-state index in [4.69, 9.17) is 0 Å². The molecule has 1 aromatic carbocycles. The second-order valence-electron chi connectivity index (χ2n) is 4.35. The average Bonchev–Trinajstić information content (AvgIpc) is 2.69. The van der Waals surface area contributed by atoms with Crippen molar-refractivity contribution in [3.63, 3.8) is 0 Å². The fourth-order valence-corrected chi connectivity index (χ4v) is 1.61. The maximum Gasteiger partial charge on any atom is 0.207 e. The van der Waals surface area contributed by atoms with Crippen molar-refractivity contribution in [3.05, 3.63) is 42.0 Å². The van der Waals surface area contributed by atoms with E-state index in [0.29, 0.717) is 5.56 Å². The van der Waals surface area contributed by atoms with E-state index < -0.39 is 0 Å². The number of imidazole rings is 1. The van der Waals surface area contributed by atoms with E-state index in [0.717, 1.165) is 11.6 Å². The van der Waals surface area contributed by atoms with Gasteiger partial charge in [-0.15, -0.1) is 0 Å². The summed E-state index contributed by atoms with van der Waals surface area (Å²) < 4.78 is 15.3. The molecular weight excluding hydrogens is 217 g/mol. The molecule has 2 aromatic rings. The molecule has 0 aliphatic carbocycles. The third kappa shape index (κ3) is 2.46. The molecule has 1 N–H and O–H groups in total. The molecule has 0 unspecified atom stereocenters.